The van der Waals surface area contributed by atoms with E-state index in [0.717, 1.165) is 18.2 Å². The van der Waals surface area contributed by atoms with Crippen molar-refractivity contribution in [1.29, 1.82) is 0 Å². The van der Waals surface area contributed by atoms with Gasteiger partial charge in [-0.05, 0) is 35.9 Å². The second-order valence-electron chi connectivity index (χ2n) is 4.92. The lowest BCUT2D eigenvalue weighted by Gasteiger charge is -2.06. The van der Waals surface area contributed by atoms with Gasteiger partial charge in [-0.1, -0.05) is 12.1 Å². The maximum atomic E-state index is 12.6. The van der Waals surface area contributed by atoms with E-state index in [9.17, 15) is 22.8 Å². The number of furan rings is 1. The van der Waals surface area contributed by atoms with Crippen molar-refractivity contribution < 1.29 is 31.9 Å². The van der Waals surface area contributed by atoms with Crippen molar-refractivity contribution in [1.82, 2.24) is 5.32 Å². The van der Waals surface area contributed by atoms with Crippen LogP contribution in [0.15, 0.2) is 53.2 Å². The van der Waals surface area contributed by atoms with Gasteiger partial charge in [0.05, 0.1) is 18.4 Å². The SMILES string of the molecule is O=C(COC(=O)/C=C\c1cccc(C(F)(F)F)c1)NCc1ccco1. The van der Waals surface area contributed by atoms with E-state index in [1.165, 1.54) is 24.5 Å². The first-order chi connectivity index (χ1) is 11.8. The van der Waals surface area contributed by atoms with Crippen LogP contribution in [-0.4, -0.2) is 18.5 Å². The highest BCUT2D eigenvalue weighted by Gasteiger charge is 2.30. The molecule has 2 rings (SSSR count). The molecule has 25 heavy (non-hydrogen) atoms. The Balaban J connectivity index is 1.79. The molecule has 8 heteroatoms. The van der Waals surface area contributed by atoms with Gasteiger partial charge >= 0.3 is 12.1 Å². The fraction of sp³-hybridized carbons (Fsp3) is 0.176. The van der Waals surface area contributed by atoms with Crippen molar-refractivity contribution in [2.24, 2.45) is 0 Å². The zero-order valence-electron chi connectivity index (χ0n) is 12.9. The lowest BCUT2D eigenvalue weighted by Crippen LogP contribution is -2.27. The molecule has 0 aliphatic heterocycles. The smallest absolute Gasteiger partial charge is 0.416 e. The second kappa shape index (κ2) is 8.18. The maximum absolute atomic E-state index is 12.6. The first kappa shape index (κ1) is 18.3. The van der Waals surface area contributed by atoms with Gasteiger partial charge in [-0.2, -0.15) is 13.2 Å². The predicted molar refractivity (Wildman–Crippen MR) is 82.0 cm³/mol. The first-order valence-corrected chi connectivity index (χ1v) is 7.16. The summed E-state index contributed by atoms with van der Waals surface area (Å²) in [5, 5.41) is 2.48. The molecule has 5 nitrogen and oxygen atoms in total. The molecule has 132 valence electrons. The zero-order valence-corrected chi connectivity index (χ0v) is 12.9. The van der Waals surface area contributed by atoms with Gasteiger partial charge in [0.15, 0.2) is 6.61 Å². The number of carbonyl (C=O) groups excluding carboxylic acids is 2. The third-order valence-corrected chi connectivity index (χ3v) is 3.01. The summed E-state index contributed by atoms with van der Waals surface area (Å²) in [6.45, 7) is -0.351. The molecule has 1 amide bonds. The number of carbonyl (C=O) groups is 2. The van der Waals surface area contributed by atoms with Crippen molar-refractivity contribution in [3.63, 3.8) is 0 Å². The Kier molecular flexibility index (Phi) is 5.99. The Hall–Kier alpha value is -3.03. The second-order valence-corrected chi connectivity index (χ2v) is 4.92. The molecule has 0 saturated heterocycles. The predicted octanol–water partition coefficient (Wildman–Crippen LogP) is 3.17. The van der Waals surface area contributed by atoms with E-state index in [1.54, 1.807) is 12.1 Å². The highest BCUT2D eigenvalue weighted by molar-refractivity contribution is 5.89. The van der Waals surface area contributed by atoms with E-state index in [-0.39, 0.29) is 12.1 Å². The van der Waals surface area contributed by atoms with Crippen molar-refractivity contribution in [3.05, 3.63) is 65.6 Å². The largest absolute Gasteiger partial charge is 0.467 e. The van der Waals surface area contributed by atoms with Crippen LogP contribution in [0.5, 0.6) is 0 Å². The van der Waals surface area contributed by atoms with Crippen LogP contribution in [0.2, 0.25) is 0 Å². The standard InChI is InChI=1S/C17H14F3NO4/c18-17(19,20)13-4-1-3-12(9-13)6-7-16(23)25-11-15(22)21-10-14-5-2-8-24-14/h1-9H,10-11H2,(H,21,22)/b7-6-. The maximum Gasteiger partial charge on any atom is 0.416 e. The van der Waals surface area contributed by atoms with Gasteiger partial charge in [-0.3, -0.25) is 4.79 Å². The zero-order chi connectivity index (χ0) is 18.3. The first-order valence-electron chi connectivity index (χ1n) is 7.16. The molecule has 1 aromatic carbocycles. The number of benzene rings is 1. The Morgan fingerprint density at radius 1 is 1.20 bits per heavy atom. The monoisotopic (exact) mass is 353 g/mol. The number of esters is 1. The molecule has 1 heterocycles. The number of alkyl halides is 3. The molecule has 0 unspecified atom stereocenters. The van der Waals surface area contributed by atoms with Gasteiger partial charge in [-0.15, -0.1) is 0 Å². The Morgan fingerprint density at radius 3 is 2.68 bits per heavy atom. The highest BCUT2D eigenvalue weighted by atomic mass is 19.4. The van der Waals surface area contributed by atoms with Crippen LogP contribution in [0.25, 0.3) is 6.08 Å². The third kappa shape index (κ3) is 6.17. The van der Waals surface area contributed by atoms with Crippen LogP contribution in [0.1, 0.15) is 16.9 Å². The number of amides is 1. The topological polar surface area (TPSA) is 68.5 Å². The molecule has 1 N–H and O–H groups in total. The summed E-state index contributed by atoms with van der Waals surface area (Å²) in [6, 6.07) is 7.81. The third-order valence-electron chi connectivity index (χ3n) is 3.01. The molecular weight excluding hydrogens is 339 g/mol. The molecule has 1 aromatic heterocycles. The Morgan fingerprint density at radius 2 is 2.00 bits per heavy atom. The van der Waals surface area contributed by atoms with E-state index < -0.39 is 30.2 Å². The van der Waals surface area contributed by atoms with Crippen LogP contribution in [-0.2, 0) is 27.0 Å². The van der Waals surface area contributed by atoms with E-state index in [0.29, 0.717) is 5.76 Å². The molecule has 0 bridgehead atoms. The molecule has 0 saturated carbocycles. The molecule has 0 fully saturated rings. The molecule has 0 aliphatic carbocycles. The number of nitrogens with one attached hydrogen (secondary N) is 1. The van der Waals surface area contributed by atoms with E-state index in [2.05, 4.69) is 5.32 Å². The van der Waals surface area contributed by atoms with Gasteiger partial charge in [0.2, 0.25) is 0 Å². The number of ether oxygens (including phenoxy) is 1. The highest BCUT2D eigenvalue weighted by Crippen LogP contribution is 2.29. The summed E-state index contributed by atoms with van der Waals surface area (Å²) in [5.74, 6) is -0.827. The van der Waals surface area contributed by atoms with Crippen LogP contribution in [0.3, 0.4) is 0 Å². The number of halogens is 3. The number of rotatable bonds is 6. The average Bonchev–Trinajstić information content (AvgIpc) is 3.09. The lowest BCUT2D eigenvalue weighted by atomic mass is 10.1. The van der Waals surface area contributed by atoms with Gasteiger partial charge in [0.1, 0.15) is 5.76 Å². The fourth-order valence-corrected chi connectivity index (χ4v) is 1.82. The summed E-state index contributed by atoms with van der Waals surface area (Å²) >= 11 is 0. The van der Waals surface area contributed by atoms with Gasteiger partial charge in [0.25, 0.3) is 5.91 Å². The molecule has 2 aromatic rings. The van der Waals surface area contributed by atoms with E-state index >= 15 is 0 Å². The van der Waals surface area contributed by atoms with Gasteiger partial charge < -0.3 is 14.5 Å². The molecule has 0 atom stereocenters. The summed E-state index contributed by atoms with van der Waals surface area (Å²) in [5.41, 5.74) is -0.630. The molecule has 0 radical (unpaired) electrons. The van der Waals surface area contributed by atoms with Crippen LogP contribution >= 0.6 is 0 Å². The summed E-state index contributed by atoms with van der Waals surface area (Å²) in [7, 11) is 0. The summed E-state index contributed by atoms with van der Waals surface area (Å²) in [4.78, 5) is 23.0. The van der Waals surface area contributed by atoms with E-state index in [1.807, 2.05) is 0 Å². The van der Waals surface area contributed by atoms with Gasteiger partial charge in [0, 0.05) is 6.08 Å². The van der Waals surface area contributed by atoms with Crippen molar-refractivity contribution >= 4 is 18.0 Å². The quantitative estimate of drug-likeness (QED) is 0.640. The average molecular weight is 353 g/mol. The molecule has 0 aliphatic rings. The Bertz CT molecular complexity index is 752. The number of hydrogen-bond donors (Lipinski definition) is 1. The summed E-state index contributed by atoms with van der Waals surface area (Å²) < 4.78 is 47.5. The summed E-state index contributed by atoms with van der Waals surface area (Å²) in [6.07, 6.45) is -0.871. The van der Waals surface area contributed by atoms with Gasteiger partial charge in [-0.25, -0.2) is 4.79 Å². The normalized spacial score (nSPS) is 11.5. The van der Waals surface area contributed by atoms with E-state index in [4.69, 9.17) is 9.15 Å². The van der Waals surface area contributed by atoms with Crippen LogP contribution in [0, 0.1) is 0 Å². The molecular formula is C17H14F3NO4. The molecule has 0 spiro atoms. The lowest BCUT2D eigenvalue weighted by molar-refractivity contribution is -0.143. The van der Waals surface area contributed by atoms with Crippen molar-refractivity contribution in [3.8, 4) is 0 Å². The minimum Gasteiger partial charge on any atom is -0.467 e. The Labute approximate surface area is 141 Å². The minimum atomic E-state index is -4.46. The minimum absolute atomic E-state index is 0.156. The van der Waals surface area contributed by atoms with Crippen molar-refractivity contribution in [2.45, 2.75) is 12.7 Å². The number of hydrogen-bond acceptors (Lipinski definition) is 4. The van der Waals surface area contributed by atoms with Crippen LogP contribution in [0.4, 0.5) is 13.2 Å². The van der Waals surface area contributed by atoms with Crippen molar-refractivity contribution in [2.75, 3.05) is 6.61 Å². The van der Waals surface area contributed by atoms with Crippen LogP contribution < -0.4 is 5.32 Å². The fourth-order valence-electron chi connectivity index (χ4n) is 1.82.